The highest BCUT2D eigenvalue weighted by Crippen LogP contribution is 2.27. The fourth-order valence-electron chi connectivity index (χ4n) is 3.00. The number of hydrogen-bond acceptors (Lipinski definition) is 6. The van der Waals surface area contributed by atoms with E-state index >= 15 is 0 Å². The van der Waals surface area contributed by atoms with Gasteiger partial charge in [-0.15, -0.1) is 0 Å². The summed E-state index contributed by atoms with van der Waals surface area (Å²) in [6, 6.07) is 9.79. The van der Waals surface area contributed by atoms with Gasteiger partial charge in [0.25, 0.3) is 0 Å². The lowest BCUT2D eigenvalue weighted by Crippen LogP contribution is -2.45. The van der Waals surface area contributed by atoms with E-state index < -0.39 is 0 Å². The predicted octanol–water partition coefficient (Wildman–Crippen LogP) is 3.34. The molecule has 6 nitrogen and oxygen atoms in total. The van der Waals surface area contributed by atoms with Crippen LogP contribution < -0.4 is 9.64 Å². The molecule has 25 heavy (non-hydrogen) atoms. The second-order valence-electron chi connectivity index (χ2n) is 6.06. The quantitative estimate of drug-likeness (QED) is 0.851. The van der Waals surface area contributed by atoms with E-state index in [2.05, 4.69) is 11.1 Å². The summed E-state index contributed by atoms with van der Waals surface area (Å²) in [5, 5.41) is 9.39. The Bertz CT molecular complexity index is 796. The summed E-state index contributed by atoms with van der Waals surface area (Å²) in [6.45, 7) is 5.36. The number of benzene rings is 1. The van der Waals surface area contributed by atoms with Gasteiger partial charge in [-0.05, 0) is 26.0 Å². The second-order valence-corrected chi connectivity index (χ2v) is 6.06. The monoisotopic (exact) mass is 339 g/mol. The van der Waals surface area contributed by atoms with Crippen LogP contribution in [-0.2, 0) is 4.74 Å². The fraction of sp³-hybridized carbons (Fsp3) is 0.368. The van der Waals surface area contributed by atoms with Gasteiger partial charge in [-0.25, -0.2) is 0 Å². The number of morpholine rings is 1. The van der Waals surface area contributed by atoms with Crippen molar-refractivity contribution >= 4 is 18.0 Å². The minimum absolute atomic E-state index is 0.0768. The minimum atomic E-state index is 0.0768. The third kappa shape index (κ3) is 3.83. The number of aromatic nitrogens is 1. The summed E-state index contributed by atoms with van der Waals surface area (Å²) in [4.78, 5) is 6.31. The van der Waals surface area contributed by atoms with Crippen LogP contribution in [0.4, 0.5) is 5.88 Å². The zero-order chi connectivity index (χ0) is 17.8. The zero-order valence-corrected chi connectivity index (χ0v) is 14.6. The molecule has 6 heteroatoms. The van der Waals surface area contributed by atoms with Crippen LogP contribution in [0.1, 0.15) is 31.0 Å². The Morgan fingerprint density at radius 1 is 1.24 bits per heavy atom. The summed E-state index contributed by atoms with van der Waals surface area (Å²) >= 11 is 0. The summed E-state index contributed by atoms with van der Waals surface area (Å²) in [5.41, 5.74) is 1.21. The molecule has 0 spiro atoms. The van der Waals surface area contributed by atoms with Crippen molar-refractivity contribution < 1.29 is 13.9 Å². The maximum atomic E-state index is 9.39. The standard InChI is InChI=1S/C19H21N3O3/c1-13-11-22(12-14(2)24-13)19-16(10-20)21-18(25-19)9-8-15-6-4-5-7-17(15)23-3/h4-9,13-14H,11-12H2,1-3H3/b9-8+. The Morgan fingerprint density at radius 3 is 2.64 bits per heavy atom. The highest BCUT2D eigenvalue weighted by molar-refractivity contribution is 5.70. The normalized spacial score (nSPS) is 20.6. The molecule has 2 aromatic rings. The van der Waals surface area contributed by atoms with Crippen LogP contribution in [0.3, 0.4) is 0 Å². The Labute approximate surface area is 147 Å². The minimum Gasteiger partial charge on any atom is -0.496 e. The summed E-state index contributed by atoms with van der Waals surface area (Å²) < 4.78 is 16.9. The third-order valence-electron chi connectivity index (χ3n) is 3.98. The topological polar surface area (TPSA) is 71.5 Å². The first kappa shape index (κ1) is 17.1. The average Bonchev–Trinajstić information content (AvgIpc) is 3.03. The van der Waals surface area contributed by atoms with Gasteiger partial charge >= 0.3 is 0 Å². The van der Waals surface area contributed by atoms with Crippen molar-refractivity contribution in [3.05, 3.63) is 41.4 Å². The smallest absolute Gasteiger partial charge is 0.235 e. The molecule has 2 unspecified atom stereocenters. The number of nitrogens with zero attached hydrogens (tertiary/aromatic N) is 3. The van der Waals surface area contributed by atoms with Gasteiger partial charge in [0.2, 0.25) is 17.5 Å². The highest BCUT2D eigenvalue weighted by atomic mass is 16.5. The molecule has 1 fully saturated rings. The number of hydrogen-bond donors (Lipinski definition) is 0. The molecule has 0 N–H and O–H groups in total. The van der Waals surface area contributed by atoms with E-state index in [0.717, 1.165) is 11.3 Å². The van der Waals surface area contributed by atoms with Gasteiger partial charge in [-0.1, -0.05) is 18.2 Å². The van der Waals surface area contributed by atoms with Crippen LogP contribution in [0, 0.1) is 11.3 Å². The molecule has 130 valence electrons. The number of anilines is 1. The predicted molar refractivity (Wildman–Crippen MR) is 95.4 cm³/mol. The van der Waals surface area contributed by atoms with E-state index in [1.165, 1.54) is 0 Å². The molecule has 3 rings (SSSR count). The van der Waals surface area contributed by atoms with Gasteiger partial charge in [-0.2, -0.15) is 10.2 Å². The Hall–Kier alpha value is -2.78. The molecule has 1 aromatic heterocycles. The Kier molecular flexibility index (Phi) is 5.05. The lowest BCUT2D eigenvalue weighted by Gasteiger charge is -2.34. The van der Waals surface area contributed by atoms with E-state index in [1.807, 2.05) is 49.1 Å². The Balaban J connectivity index is 1.86. The molecular weight excluding hydrogens is 318 g/mol. The lowest BCUT2D eigenvalue weighted by atomic mass is 10.2. The molecule has 0 saturated carbocycles. The number of para-hydroxylation sites is 1. The van der Waals surface area contributed by atoms with Gasteiger partial charge in [0.1, 0.15) is 11.8 Å². The highest BCUT2D eigenvalue weighted by Gasteiger charge is 2.27. The molecule has 0 bridgehead atoms. The van der Waals surface area contributed by atoms with Crippen molar-refractivity contribution in [3.63, 3.8) is 0 Å². The summed E-state index contributed by atoms with van der Waals surface area (Å²) in [5.74, 6) is 1.66. The first-order valence-corrected chi connectivity index (χ1v) is 8.23. The number of oxazole rings is 1. The number of ether oxygens (including phenoxy) is 2. The van der Waals surface area contributed by atoms with E-state index in [4.69, 9.17) is 13.9 Å². The number of nitriles is 1. The summed E-state index contributed by atoms with van der Waals surface area (Å²) in [7, 11) is 1.63. The van der Waals surface area contributed by atoms with Crippen molar-refractivity contribution in [2.75, 3.05) is 25.1 Å². The molecular formula is C19H21N3O3. The van der Waals surface area contributed by atoms with Crippen molar-refractivity contribution in [1.29, 1.82) is 5.26 Å². The Morgan fingerprint density at radius 2 is 1.96 bits per heavy atom. The van der Waals surface area contributed by atoms with Crippen molar-refractivity contribution in [2.45, 2.75) is 26.1 Å². The van der Waals surface area contributed by atoms with Crippen LogP contribution in [0.5, 0.6) is 5.75 Å². The molecule has 1 aromatic carbocycles. The molecule has 2 atom stereocenters. The second kappa shape index (κ2) is 7.41. The summed E-state index contributed by atoms with van der Waals surface area (Å²) in [6.07, 6.45) is 3.76. The van der Waals surface area contributed by atoms with E-state index in [-0.39, 0.29) is 12.2 Å². The van der Waals surface area contributed by atoms with Crippen LogP contribution >= 0.6 is 0 Å². The average molecular weight is 339 g/mol. The van der Waals surface area contributed by atoms with Gasteiger partial charge in [-0.3, -0.25) is 0 Å². The van der Waals surface area contributed by atoms with E-state index in [9.17, 15) is 5.26 Å². The van der Waals surface area contributed by atoms with Gasteiger partial charge in [0.05, 0.1) is 19.3 Å². The van der Waals surface area contributed by atoms with Gasteiger partial charge in [0.15, 0.2) is 0 Å². The zero-order valence-electron chi connectivity index (χ0n) is 14.6. The van der Waals surface area contributed by atoms with E-state index in [0.29, 0.717) is 30.6 Å². The van der Waals surface area contributed by atoms with Crippen molar-refractivity contribution in [3.8, 4) is 11.8 Å². The molecule has 2 heterocycles. The van der Waals surface area contributed by atoms with Gasteiger partial charge < -0.3 is 18.8 Å². The molecule has 0 amide bonds. The fourth-order valence-corrected chi connectivity index (χ4v) is 3.00. The SMILES string of the molecule is COc1ccccc1/C=C/c1nc(C#N)c(N2CC(C)OC(C)C2)o1. The maximum absolute atomic E-state index is 9.39. The lowest BCUT2D eigenvalue weighted by molar-refractivity contribution is -0.00642. The van der Waals surface area contributed by atoms with Crippen LogP contribution in [-0.4, -0.2) is 37.4 Å². The molecule has 1 aliphatic rings. The molecule has 1 saturated heterocycles. The largest absolute Gasteiger partial charge is 0.496 e. The van der Waals surface area contributed by atoms with Crippen LogP contribution in [0.2, 0.25) is 0 Å². The molecule has 0 aliphatic carbocycles. The van der Waals surface area contributed by atoms with Crippen LogP contribution in [0.15, 0.2) is 28.7 Å². The first-order chi connectivity index (χ1) is 12.1. The third-order valence-corrected chi connectivity index (χ3v) is 3.98. The van der Waals surface area contributed by atoms with Gasteiger partial charge in [0, 0.05) is 24.7 Å². The van der Waals surface area contributed by atoms with E-state index in [1.54, 1.807) is 13.2 Å². The van der Waals surface area contributed by atoms with Crippen LogP contribution in [0.25, 0.3) is 12.2 Å². The van der Waals surface area contributed by atoms with Crippen molar-refractivity contribution in [1.82, 2.24) is 4.98 Å². The number of rotatable bonds is 4. The molecule has 0 radical (unpaired) electrons. The molecule has 1 aliphatic heterocycles. The van der Waals surface area contributed by atoms with Crippen molar-refractivity contribution in [2.24, 2.45) is 0 Å². The first-order valence-electron chi connectivity index (χ1n) is 8.23. The maximum Gasteiger partial charge on any atom is 0.235 e. The number of methoxy groups -OCH3 is 1.